The monoisotopic (exact) mass is 197 g/mol. The van der Waals surface area contributed by atoms with E-state index in [0.717, 1.165) is 6.54 Å². The third-order valence-electron chi connectivity index (χ3n) is 3.79. The summed E-state index contributed by atoms with van der Waals surface area (Å²) < 4.78 is 0. The molecule has 0 aromatic rings. The normalized spacial score (nSPS) is 27.6. The maximum absolute atomic E-state index is 9.77. The van der Waals surface area contributed by atoms with Crippen LogP contribution in [-0.2, 0) is 0 Å². The Kier molecular flexibility index (Phi) is 2.61. The molecule has 0 amide bonds. The molecule has 0 radical (unpaired) electrons. The van der Waals surface area contributed by atoms with Gasteiger partial charge in [0.1, 0.15) is 0 Å². The summed E-state index contributed by atoms with van der Waals surface area (Å²) in [6.45, 7) is 7.09. The third kappa shape index (κ3) is 2.29. The van der Waals surface area contributed by atoms with Crippen molar-refractivity contribution in [3.63, 3.8) is 0 Å². The van der Waals surface area contributed by atoms with Crippen LogP contribution in [0.25, 0.3) is 0 Å². The molecule has 14 heavy (non-hydrogen) atoms. The van der Waals surface area contributed by atoms with Crippen LogP contribution < -0.4 is 0 Å². The zero-order chi connectivity index (χ0) is 10.2. The standard InChI is InChI=1S/C12H23NO/c1-11(2,14)9-13-8-7-12(10-13)5-3-4-6-12/h14H,3-10H2,1-2H3. The molecule has 0 bridgehead atoms. The number of hydrogen-bond donors (Lipinski definition) is 1. The molecular weight excluding hydrogens is 174 g/mol. The van der Waals surface area contributed by atoms with E-state index in [0.29, 0.717) is 5.41 Å². The van der Waals surface area contributed by atoms with Crippen LogP contribution >= 0.6 is 0 Å². The molecular formula is C12H23NO. The van der Waals surface area contributed by atoms with Gasteiger partial charge in [-0.15, -0.1) is 0 Å². The average Bonchev–Trinajstić information content (AvgIpc) is 2.60. The highest BCUT2D eigenvalue weighted by Gasteiger charge is 2.40. The lowest BCUT2D eigenvalue weighted by Gasteiger charge is -2.27. The molecule has 2 nitrogen and oxygen atoms in total. The van der Waals surface area contributed by atoms with Gasteiger partial charge in [-0.3, -0.25) is 4.90 Å². The van der Waals surface area contributed by atoms with Crippen LogP contribution in [0.2, 0.25) is 0 Å². The van der Waals surface area contributed by atoms with Gasteiger partial charge in [0.25, 0.3) is 0 Å². The quantitative estimate of drug-likeness (QED) is 0.732. The summed E-state index contributed by atoms with van der Waals surface area (Å²) in [6.07, 6.45) is 7.07. The van der Waals surface area contributed by atoms with Gasteiger partial charge in [0.05, 0.1) is 5.60 Å². The molecule has 1 heterocycles. The van der Waals surface area contributed by atoms with E-state index in [-0.39, 0.29) is 0 Å². The van der Waals surface area contributed by atoms with Gasteiger partial charge >= 0.3 is 0 Å². The van der Waals surface area contributed by atoms with Crippen molar-refractivity contribution in [3.8, 4) is 0 Å². The van der Waals surface area contributed by atoms with E-state index in [1.54, 1.807) is 0 Å². The predicted octanol–water partition coefficient (Wildman–Crippen LogP) is 2.02. The van der Waals surface area contributed by atoms with Crippen LogP contribution in [0.5, 0.6) is 0 Å². The number of aliphatic hydroxyl groups is 1. The second-order valence-electron chi connectivity index (χ2n) is 5.98. The summed E-state index contributed by atoms with van der Waals surface area (Å²) >= 11 is 0. The summed E-state index contributed by atoms with van der Waals surface area (Å²) in [4.78, 5) is 2.45. The molecule has 0 aromatic heterocycles. The second-order valence-corrected chi connectivity index (χ2v) is 5.98. The number of likely N-dealkylation sites (tertiary alicyclic amines) is 1. The third-order valence-corrected chi connectivity index (χ3v) is 3.79. The van der Waals surface area contributed by atoms with Gasteiger partial charge in [-0.05, 0) is 45.1 Å². The van der Waals surface area contributed by atoms with Crippen molar-refractivity contribution in [1.29, 1.82) is 0 Å². The Morgan fingerprint density at radius 1 is 1.21 bits per heavy atom. The number of nitrogens with zero attached hydrogens (tertiary/aromatic N) is 1. The topological polar surface area (TPSA) is 23.5 Å². The van der Waals surface area contributed by atoms with E-state index in [9.17, 15) is 5.11 Å². The van der Waals surface area contributed by atoms with E-state index < -0.39 is 5.60 Å². The fourth-order valence-electron chi connectivity index (χ4n) is 3.24. The maximum atomic E-state index is 9.77. The molecule has 1 aliphatic heterocycles. The Balaban J connectivity index is 1.88. The zero-order valence-electron chi connectivity index (χ0n) is 9.55. The van der Waals surface area contributed by atoms with Crippen LogP contribution in [0.1, 0.15) is 46.0 Å². The first-order valence-corrected chi connectivity index (χ1v) is 5.94. The van der Waals surface area contributed by atoms with Crippen molar-refractivity contribution in [2.45, 2.75) is 51.6 Å². The average molecular weight is 197 g/mol. The minimum atomic E-state index is -0.524. The van der Waals surface area contributed by atoms with Gasteiger partial charge in [0.15, 0.2) is 0 Å². The van der Waals surface area contributed by atoms with Crippen molar-refractivity contribution in [3.05, 3.63) is 0 Å². The summed E-state index contributed by atoms with van der Waals surface area (Å²) in [5.41, 5.74) is 0.120. The summed E-state index contributed by atoms with van der Waals surface area (Å²) in [5, 5.41) is 9.77. The van der Waals surface area contributed by atoms with Crippen molar-refractivity contribution >= 4 is 0 Å². The maximum Gasteiger partial charge on any atom is 0.0718 e. The Labute approximate surface area is 87.3 Å². The van der Waals surface area contributed by atoms with E-state index in [2.05, 4.69) is 4.90 Å². The largest absolute Gasteiger partial charge is 0.389 e. The Hall–Kier alpha value is -0.0800. The molecule has 1 saturated carbocycles. The molecule has 2 rings (SSSR count). The second kappa shape index (κ2) is 3.49. The minimum absolute atomic E-state index is 0.524. The summed E-state index contributed by atoms with van der Waals surface area (Å²) in [7, 11) is 0. The van der Waals surface area contributed by atoms with Crippen molar-refractivity contribution < 1.29 is 5.11 Å². The zero-order valence-corrected chi connectivity index (χ0v) is 9.55. The van der Waals surface area contributed by atoms with E-state index in [1.807, 2.05) is 13.8 Å². The number of β-amino-alcohol motifs (C(OH)–C–C–N with tert-alkyl or cyclic N) is 1. The fraction of sp³-hybridized carbons (Fsp3) is 1.00. The molecule has 1 N–H and O–H groups in total. The molecule has 0 aromatic carbocycles. The van der Waals surface area contributed by atoms with Gasteiger partial charge < -0.3 is 5.11 Å². The highest BCUT2D eigenvalue weighted by molar-refractivity contribution is 4.94. The molecule has 1 saturated heterocycles. The minimum Gasteiger partial charge on any atom is -0.389 e. The SMILES string of the molecule is CC(C)(O)CN1CCC2(CCCC2)C1. The first-order chi connectivity index (χ1) is 6.49. The lowest BCUT2D eigenvalue weighted by Crippen LogP contribution is -2.38. The van der Waals surface area contributed by atoms with Gasteiger partial charge in [-0.25, -0.2) is 0 Å². The molecule has 82 valence electrons. The van der Waals surface area contributed by atoms with Crippen molar-refractivity contribution in [2.24, 2.45) is 5.41 Å². The predicted molar refractivity (Wildman–Crippen MR) is 58.3 cm³/mol. The number of rotatable bonds is 2. The summed E-state index contributed by atoms with van der Waals surface area (Å²) in [6, 6.07) is 0. The van der Waals surface area contributed by atoms with Crippen molar-refractivity contribution in [1.82, 2.24) is 4.90 Å². The smallest absolute Gasteiger partial charge is 0.0718 e. The highest BCUT2D eigenvalue weighted by Crippen LogP contribution is 2.45. The number of hydrogen-bond acceptors (Lipinski definition) is 2. The first kappa shape index (κ1) is 10.4. The van der Waals surface area contributed by atoms with E-state index in [1.165, 1.54) is 45.2 Å². The van der Waals surface area contributed by atoms with Crippen LogP contribution in [0.3, 0.4) is 0 Å². The van der Waals surface area contributed by atoms with Crippen LogP contribution in [-0.4, -0.2) is 35.2 Å². The van der Waals surface area contributed by atoms with Crippen LogP contribution in [0.4, 0.5) is 0 Å². The summed E-state index contributed by atoms with van der Waals surface area (Å²) in [5.74, 6) is 0. The van der Waals surface area contributed by atoms with Gasteiger partial charge in [0.2, 0.25) is 0 Å². The van der Waals surface area contributed by atoms with Gasteiger partial charge in [-0.2, -0.15) is 0 Å². The van der Waals surface area contributed by atoms with E-state index in [4.69, 9.17) is 0 Å². The molecule has 1 aliphatic carbocycles. The molecule has 0 atom stereocenters. The lowest BCUT2D eigenvalue weighted by molar-refractivity contribution is 0.0403. The Bertz CT molecular complexity index is 201. The Morgan fingerprint density at radius 3 is 2.43 bits per heavy atom. The fourth-order valence-corrected chi connectivity index (χ4v) is 3.24. The molecule has 2 fully saturated rings. The first-order valence-electron chi connectivity index (χ1n) is 5.94. The molecule has 2 heteroatoms. The van der Waals surface area contributed by atoms with Gasteiger partial charge in [0, 0.05) is 13.1 Å². The van der Waals surface area contributed by atoms with Crippen molar-refractivity contribution in [2.75, 3.05) is 19.6 Å². The lowest BCUT2D eigenvalue weighted by atomic mass is 9.86. The van der Waals surface area contributed by atoms with Gasteiger partial charge in [-0.1, -0.05) is 12.8 Å². The van der Waals surface area contributed by atoms with E-state index >= 15 is 0 Å². The molecule has 0 unspecified atom stereocenters. The van der Waals surface area contributed by atoms with Crippen LogP contribution in [0.15, 0.2) is 0 Å². The molecule has 2 aliphatic rings. The molecule has 1 spiro atoms. The van der Waals surface area contributed by atoms with Crippen LogP contribution in [0, 0.1) is 5.41 Å². The Morgan fingerprint density at radius 2 is 1.86 bits per heavy atom. The highest BCUT2D eigenvalue weighted by atomic mass is 16.3.